The number of hydrogen-bond donors (Lipinski definition) is 0. The zero-order chi connectivity index (χ0) is 13.7. The summed E-state index contributed by atoms with van der Waals surface area (Å²) >= 11 is 0. The van der Waals surface area contributed by atoms with Crippen LogP contribution < -0.4 is 4.90 Å². The molecule has 1 saturated carbocycles. The lowest BCUT2D eigenvalue weighted by Gasteiger charge is -2.17. The number of ketones is 2. The third-order valence-electron chi connectivity index (χ3n) is 3.57. The van der Waals surface area contributed by atoms with Gasteiger partial charge >= 0.3 is 0 Å². The van der Waals surface area contributed by atoms with Crippen molar-refractivity contribution in [2.45, 2.75) is 19.8 Å². The van der Waals surface area contributed by atoms with Crippen LogP contribution in [0.1, 0.15) is 28.8 Å². The first-order chi connectivity index (χ1) is 8.99. The Morgan fingerprint density at radius 2 is 2.05 bits per heavy atom. The summed E-state index contributed by atoms with van der Waals surface area (Å²) in [5.41, 5.74) is 0.939. The summed E-state index contributed by atoms with van der Waals surface area (Å²) in [6.07, 6.45) is 1.70. The van der Waals surface area contributed by atoms with Crippen LogP contribution in [-0.4, -0.2) is 24.0 Å². The van der Waals surface area contributed by atoms with Gasteiger partial charge in [-0.2, -0.15) is 0 Å². The van der Waals surface area contributed by atoms with E-state index in [2.05, 4.69) is 0 Å². The van der Waals surface area contributed by atoms with Crippen LogP contribution in [-0.2, 0) is 9.59 Å². The summed E-state index contributed by atoms with van der Waals surface area (Å²) in [5, 5.41) is 0. The van der Waals surface area contributed by atoms with Gasteiger partial charge in [-0.15, -0.1) is 0 Å². The highest BCUT2D eigenvalue weighted by Gasteiger charge is 2.40. The average Bonchev–Trinajstić information content (AvgIpc) is 3.15. The van der Waals surface area contributed by atoms with Gasteiger partial charge in [0.05, 0.1) is 17.8 Å². The van der Waals surface area contributed by atoms with Crippen molar-refractivity contribution in [3.63, 3.8) is 0 Å². The molecule has 19 heavy (non-hydrogen) atoms. The first kappa shape index (κ1) is 12.0. The van der Waals surface area contributed by atoms with E-state index in [9.17, 15) is 18.8 Å². The molecule has 1 aliphatic heterocycles. The Morgan fingerprint density at radius 3 is 2.68 bits per heavy atom. The van der Waals surface area contributed by atoms with E-state index in [0.717, 1.165) is 18.9 Å². The van der Waals surface area contributed by atoms with Gasteiger partial charge in [0, 0.05) is 5.92 Å². The minimum atomic E-state index is -0.738. The van der Waals surface area contributed by atoms with Crippen molar-refractivity contribution in [1.29, 1.82) is 0 Å². The predicted octanol–water partition coefficient (Wildman–Crippen LogP) is 1.64. The van der Waals surface area contributed by atoms with Crippen LogP contribution in [0.3, 0.4) is 0 Å². The molecule has 0 spiro atoms. The second kappa shape index (κ2) is 3.98. The lowest BCUT2D eigenvalue weighted by atomic mass is 10.1. The van der Waals surface area contributed by atoms with Gasteiger partial charge < -0.3 is 0 Å². The van der Waals surface area contributed by atoms with Gasteiger partial charge in [-0.25, -0.2) is 4.39 Å². The number of Topliss-reactive ketones (excluding diaryl/α,β-unsaturated/α-hetero) is 2. The summed E-state index contributed by atoms with van der Waals surface area (Å²) < 4.78 is 13.3. The molecule has 1 aromatic rings. The summed E-state index contributed by atoms with van der Waals surface area (Å²) in [6, 6.07) is 2.32. The number of fused-ring (bicyclic) bond motifs is 1. The molecular formula is C14H12FNO3. The number of anilines is 1. The molecule has 0 N–H and O–H groups in total. The van der Waals surface area contributed by atoms with Crippen LogP contribution in [0.5, 0.6) is 0 Å². The van der Waals surface area contributed by atoms with E-state index in [1.54, 1.807) is 6.92 Å². The highest BCUT2D eigenvalue weighted by molar-refractivity contribution is 6.52. The second-order valence-corrected chi connectivity index (χ2v) is 5.08. The second-order valence-electron chi connectivity index (χ2n) is 5.08. The van der Waals surface area contributed by atoms with E-state index >= 15 is 0 Å². The number of hydrogen-bond acceptors (Lipinski definition) is 3. The lowest BCUT2D eigenvalue weighted by molar-refractivity contribution is -0.121. The summed E-state index contributed by atoms with van der Waals surface area (Å²) in [6.45, 7) is 1.54. The smallest absolute Gasteiger partial charge is 0.297 e. The molecule has 0 saturated heterocycles. The minimum Gasteiger partial charge on any atom is -0.297 e. The third kappa shape index (κ3) is 1.85. The Kier molecular flexibility index (Phi) is 2.52. The van der Waals surface area contributed by atoms with E-state index in [4.69, 9.17) is 0 Å². The number of halogens is 1. The van der Waals surface area contributed by atoms with Gasteiger partial charge in [0.2, 0.25) is 0 Å². The van der Waals surface area contributed by atoms with Crippen LogP contribution in [0.2, 0.25) is 0 Å². The minimum absolute atomic E-state index is 0.0210. The van der Waals surface area contributed by atoms with Crippen LogP contribution in [0.4, 0.5) is 10.1 Å². The highest BCUT2D eigenvalue weighted by Crippen LogP contribution is 2.35. The number of rotatable bonds is 3. The summed E-state index contributed by atoms with van der Waals surface area (Å²) in [5.74, 6) is -2.03. The molecule has 98 valence electrons. The molecule has 1 aromatic carbocycles. The Labute approximate surface area is 109 Å². The van der Waals surface area contributed by atoms with E-state index in [0.29, 0.717) is 11.3 Å². The maximum atomic E-state index is 13.3. The van der Waals surface area contributed by atoms with Crippen LogP contribution >= 0.6 is 0 Å². The van der Waals surface area contributed by atoms with Gasteiger partial charge in [-0.1, -0.05) is 0 Å². The molecular weight excluding hydrogens is 249 g/mol. The Bertz CT molecular complexity index is 619. The molecule has 4 nitrogen and oxygen atoms in total. The quantitative estimate of drug-likeness (QED) is 0.777. The molecule has 3 rings (SSSR count). The molecule has 0 atom stereocenters. The van der Waals surface area contributed by atoms with E-state index in [1.165, 1.54) is 11.0 Å². The SMILES string of the molecule is Cc1cc(F)cc2c1N(CC(=O)C1CC1)C(=O)C2=O. The van der Waals surface area contributed by atoms with Gasteiger partial charge in [0.25, 0.3) is 11.7 Å². The first-order valence-corrected chi connectivity index (χ1v) is 6.18. The van der Waals surface area contributed by atoms with Crippen molar-refractivity contribution >= 4 is 23.2 Å². The van der Waals surface area contributed by atoms with Crippen LogP contribution in [0.25, 0.3) is 0 Å². The van der Waals surface area contributed by atoms with E-state index in [-0.39, 0.29) is 23.8 Å². The Balaban J connectivity index is 2.01. The van der Waals surface area contributed by atoms with Gasteiger partial charge in [0.1, 0.15) is 5.82 Å². The Hall–Kier alpha value is -2.04. The fourth-order valence-corrected chi connectivity index (χ4v) is 2.45. The normalized spacial score (nSPS) is 17.9. The predicted molar refractivity (Wildman–Crippen MR) is 65.6 cm³/mol. The summed E-state index contributed by atoms with van der Waals surface area (Å²) in [7, 11) is 0. The highest BCUT2D eigenvalue weighted by atomic mass is 19.1. The zero-order valence-electron chi connectivity index (χ0n) is 10.4. The van der Waals surface area contributed by atoms with E-state index in [1.807, 2.05) is 0 Å². The van der Waals surface area contributed by atoms with Gasteiger partial charge in [-0.05, 0) is 37.5 Å². The molecule has 1 amide bonds. The van der Waals surface area contributed by atoms with Crippen molar-refractivity contribution in [2.24, 2.45) is 5.92 Å². The van der Waals surface area contributed by atoms with Crippen molar-refractivity contribution in [2.75, 3.05) is 11.4 Å². The van der Waals surface area contributed by atoms with Crippen molar-refractivity contribution in [3.05, 3.63) is 29.1 Å². The largest absolute Gasteiger partial charge is 0.299 e. The molecule has 0 aromatic heterocycles. The zero-order valence-corrected chi connectivity index (χ0v) is 10.4. The number of nitrogens with zero attached hydrogens (tertiary/aromatic N) is 1. The summed E-state index contributed by atoms with van der Waals surface area (Å²) in [4.78, 5) is 36.7. The lowest BCUT2D eigenvalue weighted by Crippen LogP contribution is -2.35. The molecule has 0 radical (unpaired) electrons. The number of benzene rings is 1. The molecule has 0 unspecified atom stereocenters. The van der Waals surface area contributed by atoms with Crippen molar-refractivity contribution < 1.29 is 18.8 Å². The molecule has 5 heteroatoms. The topological polar surface area (TPSA) is 54.5 Å². The fourth-order valence-electron chi connectivity index (χ4n) is 2.45. The number of carbonyl (C=O) groups excluding carboxylic acids is 3. The maximum absolute atomic E-state index is 13.3. The first-order valence-electron chi connectivity index (χ1n) is 6.18. The van der Waals surface area contributed by atoms with Crippen LogP contribution in [0, 0.1) is 18.7 Å². The van der Waals surface area contributed by atoms with Crippen molar-refractivity contribution in [3.8, 4) is 0 Å². The van der Waals surface area contributed by atoms with Crippen LogP contribution in [0.15, 0.2) is 12.1 Å². The molecule has 1 fully saturated rings. The fraction of sp³-hybridized carbons (Fsp3) is 0.357. The molecule has 2 aliphatic rings. The average molecular weight is 261 g/mol. The monoisotopic (exact) mass is 261 g/mol. The standard InChI is InChI=1S/C14H12FNO3/c1-7-4-9(15)5-10-12(7)16(14(19)13(10)18)6-11(17)8-2-3-8/h4-5,8H,2-3,6H2,1H3. The number of amides is 1. The van der Waals surface area contributed by atoms with Gasteiger partial charge in [-0.3, -0.25) is 19.3 Å². The van der Waals surface area contributed by atoms with Crippen molar-refractivity contribution in [1.82, 2.24) is 0 Å². The third-order valence-corrected chi connectivity index (χ3v) is 3.57. The molecule has 1 aliphatic carbocycles. The Morgan fingerprint density at radius 1 is 1.37 bits per heavy atom. The number of aryl methyl sites for hydroxylation is 1. The van der Waals surface area contributed by atoms with E-state index < -0.39 is 17.5 Å². The molecule has 0 bridgehead atoms. The molecule has 1 heterocycles. The van der Waals surface area contributed by atoms with Gasteiger partial charge in [0.15, 0.2) is 5.78 Å². The maximum Gasteiger partial charge on any atom is 0.299 e. The number of carbonyl (C=O) groups is 3.